The molecule has 4 nitrogen and oxygen atoms in total. The van der Waals surface area contributed by atoms with E-state index in [1.54, 1.807) is 24.1 Å². The zero-order valence-corrected chi connectivity index (χ0v) is 8.41. The maximum atomic E-state index is 5.18. The molecule has 2 rings (SSSR count). The summed E-state index contributed by atoms with van der Waals surface area (Å²) in [7, 11) is 1.61. The van der Waals surface area contributed by atoms with E-state index in [1.807, 2.05) is 18.3 Å². The summed E-state index contributed by atoms with van der Waals surface area (Å²) >= 11 is 5.09. The van der Waals surface area contributed by atoms with Crippen LogP contribution in [0.25, 0.3) is 5.82 Å². The molecule has 0 radical (unpaired) electrons. The molecule has 5 heteroatoms. The van der Waals surface area contributed by atoms with Gasteiger partial charge >= 0.3 is 0 Å². The van der Waals surface area contributed by atoms with E-state index in [0.717, 1.165) is 0 Å². The maximum absolute atomic E-state index is 5.18. The molecule has 0 spiro atoms. The fourth-order valence-electron chi connectivity index (χ4n) is 1.21. The van der Waals surface area contributed by atoms with Gasteiger partial charge in [-0.25, -0.2) is 4.98 Å². The molecule has 0 atom stereocenters. The minimum absolute atomic E-state index is 0.599. The fourth-order valence-corrected chi connectivity index (χ4v) is 1.42. The van der Waals surface area contributed by atoms with E-state index < -0.39 is 0 Å². The lowest BCUT2D eigenvalue weighted by molar-refractivity contribution is 0.410. The van der Waals surface area contributed by atoms with E-state index >= 15 is 0 Å². The van der Waals surface area contributed by atoms with Crippen molar-refractivity contribution in [3.8, 4) is 11.6 Å². The number of aromatic amines is 1. The SMILES string of the molecule is COc1cccnc1-n1cc[nH]c1=S. The first-order chi connectivity index (χ1) is 6.83. The Hall–Kier alpha value is -1.62. The minimum atomic E-state index is 0.599. The maximum Gasteiger partial charge on any atom is 0.183 e. The van der Waals surface area contributed by atoms with Crippen LogP contribution in [0, 0.1) is 4.77 Å². The zero-order chi connectivity index (χ0) is 9.97. The van der Waals surface area contributed by atoms with Crippen LogP contribution in [0.2, 0.25) is 0 Å². The second-order valence-electron chi connectivity index (χ2n) is 2.66. The van der Waals surface area contributed by atoms with Crippen LogP contribution in [0.5, 0.6) is 5.75 Å². The van der Waals surface area contributed by atoms with Gasteiger partial charge in [0, 0.05) is 18.6 Å². The summed E-state index contributed by atoms with van der Waals surface area (Å²) < 4.78 is 7.54. The van der Waals surface area contributed by atoms with Crippen LogP contribution in [-0.2, 0) is 0 Å². The van der Waals surface area contributed by atoms with Gasteiger partial charge in [0.05, 0.1) is 7.11 Å². The molecule has 2 aromatic rings. The molecular formula is C9H9N3OS. The predicted octanol–water partition coefficient (Wildman–Crippen LogP) is 1.94. The summed E-state index contributed by atoms with van der Waals surface area (Å²) in [6.45, 7) is 0. The number of nitrogens with zero attached hydrogens (tertiary/aromatic N) is 2. The molecule has 0 aliphatic carbocycles. The molecule has 0 saturated carbocycles. The van der Waals surface area contributed by atoms with Gasteiger partial charge in [0.15, 0.2) is 16.3 Å². The molecule has 1 N–H and O–H groups in total. The predicted molar refractivity (Wildman–Crippen MR) is 55.3 cm³/mol. The molecule has 0 saturated heterocycles. The smallest absolute Gasteiger partial charge is 0.183 e. The van der Waals surface area contributed by atoms with Gasteiger partial charge in [-0.15, -0.1) is 0 Å². The van der Waals surface area contributed by atoms with Crippen molar-refractivity contribution in [2.45, 2.75) is 0 Å². The van der Waals surface area contributed by atoms with Crippen molar-refractivity contribution >= 4 is 12.2 Å². The number of aromatic nitrogens is 3. The molecule has 0 aliphatic rings. The first-order valence-corrected chi connectivity index (χ1v) is 4.49. The van der Waals surface area contributed by atoms with E-state index in [4.69, 9.17) is 17.0 Å². The average Bonchev–Trinajstić information content (AvgIpc) is 2.64. The molecule has 0 aromatic carbocycles. The van der Waals surface area contributed by atoms with Crippen LogP contribution in [0.15, 0.2) is 30.7 Å². The summed E-state index contributed by atoms with van der Waals surface area (Å²) in [5, 5.41) is 0. The van der Waals surface area contributed by atoms with Crippen molar-refractivity contribution in [3.63, 3.8) is 0 Å². The highest BCUT2D eigenvalue weighted by Crippen LogP contribution is 2.18. The molecule has 0 bridgehead atoms. The quantitative estimate of drug-likeness (QED) is 0.765. The number of imidazole rings is 1. The lowest BCUT2D eigenvalue weighted by Crippen LogP contribution is -1.99. The number of ether oxygens (including phenoxy) is 1. The molecule has 14 heavy (non-hydrogen) atoms. The Morgan fingerprint density at radius 1 is 1.57 bits per heavy atom. The van der Waals surface area contributed by atoms with Crippen molar-refractivity contribution in [2.24, 2.45) is 0 Å². The Kier molecular flexibility index (Phi) is 2.32. The fraction of sp³-hybridized carbons (Fsp3) is 0.111. The first kappa shape index (κ1) is 8.96. The Labute approximate surface area is 86.2 Å². The van der Waals surface area contributed by atoms with Gasteiger partial charge in [0.2, 0.25) is 0 Å². The van der Waals surface area contributed by atoms with E-state index in [9.17, 15) is 0 Å². The van der Waals surface area contributed by atoms with Crippen molar-refractivity contribution in [1.82, 2.24) is 14.5 Å². The Bertz CT molecular complexity index is 489. The second kappa shape index (κ2) is 3.63. The minimum Gasteiger partial charge on any atom is -0.493 e. The standard InChI is InChI=1S/C9H9N3OS/c1-13-7-3-2-4-10-8(7)12-6-5-11-9(12)14/h2-6H,1H3,(H,11,14). The van der Waals surface area contributed by atoms with Gasteiger partial charge in [-0.1, -0.05) is 0 Å². The van der Waals surface area contributed by atoms with Crippen molar-refractivity contribution in [1.29, 1.82) is 0 Å². The van der Waals surface area contributed by atoms with Crippen LogP contribution in [0.1, 0.15) is 0 Å². The molecule has 72 valence electrons. The first-order valence-electron chi connectivity index (χ1n) is 4.08. The Morgan fingerprint density at radius 2 is 2.43 bits per heavy atom. The Morgan fingerprint density at radius 3 is 3.07 bits per heavy atom. The van der Waals surface area contributed by atoms with Crippen LogP contribution in [0.3, 0.4) is 0 Å². The number of hydrogen-bond acceptors (Lipinski definition) is 3. The van der Waals surface area contributed by atoms with E-state index in [0.29, 0.717) is 16.3 Å². The largest absolute Gasteiger partial charge is 0.493 e. The topological polar surface area (TPSA) is 42.8 Å². The number of nitrogens with one attached hydrogen (secondary N) is 1. The average molecular weight is 207 g/mol. The van der Waals surface area contributed by atoms with Crippen LogP contribution in [0.4, 0.5) is 0 Å². The van der Waals surface area contributed by atoms with Crippen molar-refractivity contribution < 1.29 is 4.74 Å². The monoisotopic (exact) mass is 207 g/mol. The van der Waals surface area contributed by atoms with Crippen LogP contribution >= 0.6 is 12.2 Å². The van der Waals surface area contributed by atoms with Gasteiger partial charge in [-0.3, -0.25) is 4.57 Å². The summed E-state index contributed by atoms with van der Waals surface area (Å²) in [6.07, 6.45) is 5.27. The highest BCUT2D eigenvalue weighted by molar-refractivity contribution is 7.71. The molecule has 0 unspecified atom stereocenters. The van der Waals surface area contributed by atoms with Gasteiger partial charge in [-0.2, -0.15) is 0 Å². The number of pyridine rings is 1. The summed E-state index contributed by atoms with van der Waals surface area (Å²) in [6, 6.07) is 3.66. The summed E-state index contributed by atoms with van der Waals surface area (Å²) in [5.41, 5.74) is 0. The van der Waals surface area contributed by atoms with Crippen LogP contribution < -0.4 is 4.74 Å². The van der Waals surface area contributed by atoms with E-state index in [-0.39, 0.29) is 0 Å². The zero-order valence-electron chi connectivity index (χ0n) is 7.60. The third-order valence-corrected chi connectivity index (χ3v) is 2.16. The highest BCUT2D eigenvalue weighted by Gasteiger charge is 2.05. The third-order valence-electron chi connectivity index (χ3n) is 1.85. The normalized spacial score (nSPS) is 10.1. The van der Waals surface area contributed by atoms with Crippen LogP contribution in [-0.4, -0.2) is 21.6 Å². The molecule has 0 amide bonds. The molecule has 2 heterocycles. The number of rotatable bonds is 2. The molecular weight excluding hydrogens is 198 g/mol. The van der Waals surface area contributed by atoms with Gasteiger partial charge in [0.1, 0.15) is 0 Å². The van der Waals surface area contributed by atoms with Gasteiger partial charge < -0.3 is 9.72 Å². The number of H-pyrrole nitrogens is 1. The Balaban J connectivity index is 2.62. The summed E-state index contributed by atoms with van der Waals surface area (Å²) in [4.78, 5) is 7.10. The van der Waals surface area contributed by atoms with Crippen molar-refractivity contribution in [2.75, 3.05) is 7.11 Å². The number of methoxy groups -OCH3 is 1. The van der Waals surface area contributed by atoms with Gasteiger partial charge in [0.25, 0.3) is 0 Å². The molecule has 2 aromatic heterocycles. The van der Waals surface area contributed by atoms with Crippen molar-refractivity contribution in [3.05, 3.63) is 35.5 Å². The van der Waals surface area contributed by atoms with E-state index in [1.165, 1.54) is 0 Å². The third kappa shape index (κ3) is 1.42. The van der Waals surface area contributed by atoms with E-state index in [2.05, 4.69) is 9.97 Å². The lowest BCUT2D eigenvalue weighted by Gasteiger charge is -2.06. The number of hydrogen-bond donors (Lipinski definition) is 1. The molecule has 0 aliphatic heterocycles. The second-order valence-corrected chi connectivity index (χ2v) is 3.05. The highest BCUT2D eigenvalue weighted by atomic mass is 32.1. The molecule has 0 fully saturated rings. The summed E-state index contributed by atoms with van der Waals surface area (Å²) in [5.74, 6) is 1.39. The lowest BCUT2D eigenvalue weighted by atomic mass is 10.4. The van der Waals surface area contributed by atoms with Gasteiger partial charge in [-0.05, 0) is 24.4 Å².